The number of rotatable bonds is 3. The molecule has 0 fully saturated rings. The lowest BCUT2D eigenvalue weighted by molar-refractivity contribution is 0.748. The molecule has 3 aromatic heterocycles. The Morgan fingerprint density at radius 3 is 2.52 bits per heavy atom. The summed E-state index contributed by atoms with van der Waals surface area (Å²) in [6, 6.07) is 0. The highest BCUT2D eigenvalue weighted by Crippen LogP contribution is 2.17. The van der Waals surface area contributed by atoms with Crippen molar-refractivity contribution in [2.75, 3.05) is 0 Å². The van der Waals surface area contributed by atoms with E-state index in [4.69, 9.17) is 11.6 Å². The summed E-state index contributed by atoms with van der Waals surface area (Å²) in [5.74, 6) is 0.812. The molecule has 0 atom stereocenters. The van der Waals surface area contributed by atoms with Gasteiger partial charge in [-0.1, -0.05) is 6.92 Å². The number of imidazole rings is 1. The molecule has 0 aliphatic heterocycles. The van der Waals surface area contributed by atoms with Gasteiger partial charge >= 0.3 is 0 Å². The average molecular weight is 304 g/mol. The summed E-state index contributed by atoms with van der Waals surface area (Å²) in [5, 5.41) is 4.61. The van der Waals surface area contributed by atoms with Crippen LogP contribution in [0.15, 0.2) is 18.7 Å². The third-order valence-corrected chi connectivity index (χ3v) is 3.47. The second kappa shape index (κ2) is 5.25. The topological polar surface area (TPSA) is 74.3 Å². The van der Waals surface area contributed by atoms with Crippen LogP contribution in [0.1, 0.15) is 23.9 Å². The third-order valence-electron chi connectivity index (χ3n) is 3.30. The Bertz CT molecular complexity index is 776. The summed E-state index contributed by atoms with van der Waals surface area (Å²) in [4.78, 5) is 16.7. The Morgan fingerprint density at radius 2 is 1.90 bits per heavy atom. The lowest BCUT2D eigenvalue weighted by atomic mass is 10.1. The fraction of sp³-hybridized carbons (Fsp3) is 0.308. The first kappa shape index (κ1) is 13.7. The highest BCUT2D eigenvalue weighted by molar-refractivity contribution is 6.28. The van der Waals surface area contributed by atoms with Crippen LogP contribution in [0.25, 0.3) is 11.9 Å². The van der Waals surface area contributed by atoms with Gasteiger partial charge in [-0.15, -0.1) is 0 Å². The summed E-state index contributed by atoms with van der Waals surface area (Å²) in [6.45, 7) is 6.06. The van der Waals surface area contributed by atoms with Crippen molar-refractivity contribution in [3.05, 3.63) is 41.0 Å². The molecule has 0 saturated carbocycles. The predicted molar refractivity (Wildman–Crippen MR) is 77.9 cm³/mol. The molecule has 0 amide bonds. The maximum atomic E-state index is 6.01. The largest absolute Gasteiger partial charge is 0.274 e. The molecule has 0 radical (unpaired) electrons. The molecule has 21 heavy (non-hydrogen) atoms. The molecule has 108 valence electrons. The van der Waals surface area contributed by atoms with E-state index >= 15 is 0 Å². The van der Waals surface area contributed by atoms with Gasteiger partial charge in [-0.25, -0.2) is 9.67 Å². The first-order chi connectivity index (χ1) is 10.1. The van der Waals surface area contributed by atoms with E-state index in [-0.39, 0.29) is 5.28 Å². The third kappa shape index (κ3) is 2.40. The number of aryl methyl sites for hydroxylation is 1. The second-order valence-corrected chi connectivity index (χ2v) is 4.93. The summed E-state index contributed by atoms with van der Waals surface area (Å²) < 4.78 is 3.37. The van der Waals surface area contributed by atoms with Gasteiger partial charge in [0.25, 0.3) is 5.95 Å². The Hall–Kier alpha value is -2.28. The van der Waals surface area contributed by atoms with E-state index < -0.39 is 0 Å². The number of nitrogens with zero attached hydrogens (tertiary/aromatic N) is 7. The SMILES string of the molecule is CCc1c(C)nn(-c2nc(Cl)nc(-n3ccnc3)n2)c1C. The van der Waals surface area contributed by atoms with E-state index in [1.165, 1.54) is 5.56 Å². The van der Waals surface area contributed by atoms with Crippen LogP contribution in [-0.2, 0) is 6.42 Å². The van der Waals surface area contributed by atoms with Gasteiger partial charge in [0.05, 0.1) is 5.69 Å². The monoisotopic (exact) mass is 303 g/mol. The van der Waals surface area contributed by atoms with E-state index in [1.807, 2.05) is 13.8 Å². The quantitative estimate of drug-likeness (QED) is 0.740. The number of hydrogen-bond donors (Lipinski definition) is 0. The van der Waals surface area contributed by atoms with Crippen molar-refractivity contribution in [2.45, 2.75) is 27.2 Å². The lowest BCUT2D eigenvalue weighted by Crippen LogP contribution is -2.10. The van der Waals surface area contributed by atoms with Gasteiger partial charge in [0.15, 0.2) is 0 Å². The summed E-state index contributed by atoms with van der Waals surface area (Å²) >= 11 is 6.01. The molecule has 0 spiro atoms. The van der Waals surface area contributed by atoms with Crippen molar-refractivity contribution in [3.63, 3.8) is 0 Å². The maximum Gasteiger partial charge on any atom is 0.256 e. The predicted octanol–water partition coefficient (Wildman–Crippen LogP) is 2.08. The molecule has 0 bridgehead atoms. The van der Waals surface area contributed by atoms with Gasteiger partial charge in [0.1, 0.15) is 6.33 Å². The van der Waals surface area contributed by atoms with Crippen LogP contribution in [-0.4, -0.2) is 34.3 Å². The van der Waals surface area contributed by atoms with Gasteiger partial charge in [-0.2, -0.15) is 20.1 Å². The molecular formula is C13H14ClN7. The normalized spacial score (nSPS) is 11.0. The van der Waals surface area contributed by atoms with E-state index in [9.17, 15) is 0 Å². The minimum absolute atomic E-state index is 0.120. The van der Waals surface area contributed by atoms with Gasteiger partial charge in [-0.05, 0) is 37.4 Å². The Kier molecular flexibility index (Phi) is 3.42. The minimum atomic E-state index is 0.120. The van der Waals surface area contributed by atoms with Crippen LogP contribution >= 0.6 is 11.6 Å². The molecule has 7 nitrogen and oxygen atoms in total. The molecule has 3 rings (SSSR count). The van der Waals surface area contributed by atoms with Crippen LogP contribution in [0.4, 0.5) is 0 Å². The fourth-order valence-corrected chi connectivity index (χ4v) is 2.45. The second-order valence-electron chi connectivity index (χ2n) is 4.59. The van der Waals surface area contributed by atoms with Crippen LogP contribution in [0, 0.1) is 13.8 Å². The first-order valence-corrected chi connectivity index (χ1v) is 6.93. The Balaban J connectivity index is 2.15. The highest BCUT2D eigenvalue weighted by Gasteiger charge is 2.15. The molecule has 3 aromatic rings. The average Bonchev–Trinajstić information content (AvgIpc) is 3.07. The Morgan fingerprint density at radius 1 is 1.14 bits per heavy atom. The molecule has 0 aromatic carbocycles. The van der Waals surface area contributed by atoms with Gasteiger partial charge in [0, 0.05) is 18.1 Å². The number of hydrogen-bond acceptors (Lipinski definition) is 5. The van der Waals surface area contributed by atoms with Crippen molar-refractivity contribution in [1.29, 1.82) is 0 Å². The maximum absolute atomic E-state index is 6.01. The highest BCUT2D eigenvalue weighted by atomic mass is 35.5. The van der Waals surface area contributed by atoms with Gasteiger partial charge < -0.3 is 0 Å². The van der Waals surface area contributed by atoms with Gasteiger partial charge in [0.2, 0.25) is 11.2 Å². The van der Waals surface area contributed by atoms with Crippen LogP contribution < -0.4 is 0 Å². The van der Waals surface area contributed by atoms with Crippen LogP contribution in [0.2, 0.25) is 5.28 Å². The van der Waals surface area contributed by atoms with E-state index in [0.29, 0.717) is 11.9 Å². The Labute approximate surface area is 126 Å². The zero-order valence-electron chi connectivity index (χ0n) is 11.9. The standard InChI is InChI=1S/C13H14ClN7/c1-4-10-8(2)19-21(9(10)3)13-17-11(14)16-12(18-13)20-6-5-15-7-20/h5-7H,4H2,1-3H3. The molecule has 0 aliphatic carbocycles. The van der Waals surface area contributed by atoms with E-state index in [1.54, 1.807) is 28.0 Å². The number of halogens is 1. The molecule has 0 saturated heterocycles. The van der Waals surface area contributed by atoms with Crippen LogP contribution in [0.5, 0.6) is 0 Å². The molecular weight excluding hydrogens is 290 g/mol. The van der Waals surface area contributed by atoms with Crippen molar-refractivity contribution in [2.24, 2.45) is 0 Å². The summed E-state index contributed by atoms with van der Waals surface area (Å²) in [5.41, 5.74) is 3.17. The molecule has 0 aliphatic rings. The molecule has 0 unspecified atom stereocenters. The van der Waals surface area contributed by atoms with Crippen molar-refractivity contribution < 1.29 is 0 Å². The van der Waals surface area contributed by atoms with Crippen molar-refractivity contribution in [1.82, 2.24) is 34.3 Å². The van der Waals surface area contributed by atoms with Crippen molar-refractivity contribution >= 4 is 11.6 Å². The number of aromatic nitrogens is 7. The molecule has 8 heteroatoms. The molecule has 0 N–H and O–H groups in total. The zero-order valence-corrected chi connectivity index (χ0v) is 12.7. The smallest absolute Gasteiger partial charge is 0.256 e. The van der Waals surface area contributed by atoms with Gasteiger partial charge in [-0.3, -0.25) is 4.57 Å². The fourth-order valence-electron chi connectivity index (χ4n) is 2.30. The molecule has 3 heterocycles. The summed E-state index contributed by atoms with van der Waals surface area (Å²) in [7, 11) is 0. The zero-order chi connectivity index (χ0) is 15.0. The van der Waals surface area contributed by atoms with Crippen LogP contribution in [0.3, 0.4) is 0 Å². The van der Waals surface area contributed by atoms with E-state index in [2.05, 4.69) is 32.0 Å². The lowest BCUT2D eigenvalue weighted by Gasteiger charge is -2.06. The first-order valence-electron chi connectivity index (χ1n) is 6.55. The van der Waals surface area contributed by atoms with E-state index in [0.717, 1.165) is 17.8 Å². The minimum Gasteiger partial charge on any atom is -0.274 e. The summed E-state index contributed by atoms with van der Waals surface area (Å²) in [6.07, 6.45) is 5.91. The van der Waals surface area contributed by atoms with Crippen molar-refractivity contribution in [3.8, 4) is 11.9 Å².